The number of amides is 1. The van der Waals surface area contributed by atoms with Gasteiger partial charge in [0.2, 0.25) is 0 Å². The van der Waals surface area contributed by atoms with E-state index in [1.54, 1.807) is 37.4 Å². The largest absolute Gasteiger partial charge is 0.493 e. The predicted octanol–water partition coefficient (Wildman–Crippen LogP) is 4.56. The van der Waals surface area contributed by atoms with E-state index < -0.39 is 0 Å². The molecule has 1 N–H and O–H groups in total. The number of anilines is 1. The molecule has 140 valence electrons. The molecular weight excluding hydrogens is 354 g/mol. The zero-order chi connectivity index (χ0) is 19.7. The third-order valence-corrected chi connectivity index (χ3v) is 4.71. The summed E-state index contributed by atoms with van der Waals surface area (Å²) in [6.45, 7) is 2.41. The van der Waals surface area contributed by atoms with Gasteiger partial charge in [-0.05, 0) is 42.3 Å². The molecule has 0 aliphatic heterocycles. The quantitative estimate of drug-likeness (QED) is 0.557. The lowest BCUT2D eigenvalue weighted by Crippen LogP contribution is -2.12. The molecule has 0 radical (unpaired) electrons. The zero-order valence-corrected chi connectivity index (χ0v) is 15.6. The van der Waals surface area contributed by atoms with Crippen molar-refractivity contribution in [1.82, 2.24) is 0 Å². The molecule has 0 unspecified atom stereocenters. The van der Waals surface area contributed by atoms with Crippen LogP contribution in [0, 0.1) is 0 Å². The second-order valence-corrected chi connectivity index (χ2v) is 6.39. The minimum Gasteiger partial charge on any atom is -0.493 e. The molecule has 1 amide bonds. The van der Waals surface area contributed by atoms with E-state index in [1.165, 1.54) is 0 Å². The van der Waals surface area contributed by atoms with E-state index in [0.717, 1.165) is 11.1 Å². The molecule has 0 saturated heterocycles. The zero-order valence-electron chi connectivity index (χ0n) is 15.6. The van der Waals surface area contributed by atoms with Gasteiger partial charge in [0.1, 0.15) is 0 Å². The summed E-state index contributed by atoms with van der Waals surface area (Å²) in [6, 6.07) is 17.9. The Bertz CT molecular complexity index is 1090. The molecule has 0 spiro atoms. The molecule has 3 aromatic rings. The SMILES string of the molecule is CCOc1ccc(NC(=O)c2ccc3c(c2)C(=O)c2ccccc2-3)cc1OC. The van der Waals surface area contributed by atoms with Crippen LogP contribution in [-0.2, 0) is 0 Å². The summed E-state index contributed by atoms with van der Waals surface area (Å²) in [5.74, 6) is 0.809. The number of hydrogen-bond donors (Lipinski definition) is 1. The van der Waals surface area contributed by atoms with Crippen molar-refractivity contribution in [2.24, 2.45) is 0 Å². The van der Waals surface area contributed by atoms with E-state index in [1.807, 2.05) is 37.3 Å². The summed E-state index contributed by atoms with van der Waals surface area (Å²) in [5.41, 5.74) is 4.00. The maximum Gasteiger partial charge on any atom is 0.255 e. The number of hydrogen-bond acceptors (Lipinski definition) is 4. The predicted molar refractivity (Wildman–Crippen MR) is 107 cm³/mol. The number of carbonyl (C=O) groups is 2. The number of methoxy groups -OCH3 is 1. The van der Waals surface area contributed by atoms with Gasteiger partial charge in [0, 0.05) is 28.4 Å². The molecule has 0 aromatic heterocycles. The Morgan fingerprint density at radius 3 is 2.39 bits per heavy atom. The van der Waals surface area contributed by atoms with Gasteiger partial charge in [-0.1, -0.05) is 30.3 Å². The van der Waals surface area contributed by atoms with Crippen molar-refractivity contribution in [2.75, 3.05) is 19.0 Å². The standard InChI is InChI=1S/C23H19NO4/c1-3-28-20-11-9-15(13-21(20)27-2)24-23(26)14-8-10-17-16-6-4-5-7-18(16)22(25)19(17)12-14/h4-13H,3H2,1-2H3,(H,24,26). The molecule has 0 bridgehead atoms. The van der Waals surface area contributed by atoms with E-state index in [0.29, 0.717) is 40.5 Å². The summed E-state index contributed by atoms with van der Waals surface area (Å²) >= 11 is 0. The molecular formula is C23H19NO4. The Morgan fingerprint density at radius 1 is 0.893 bits per heavy atom. The van der Waals surface area contributed by atoms with Crippen molar-refractivity contribution in [3.63, 3.8) is 0 Å². The molecule has 0 saturated carbocycles. The fourth-order valence-corrected chi connectivity index (χ4v) is 3.39. The van der Waals surface area contributed by atoms with Gasteiger partial charge in [0.25, 0.3) is 5.91 Å². The van der Waals surface area contributed by atoms with Gasteiger partial charge in [-0.2, -0.15) is 0 Å². The number of rotatable bonds is 5. The highest BCUT2D eigenvalue weighted by molar-refractivity contribution is 6.22. The van der Waals surface area contributed by atoms with Crippen LogP contribution < -0.4 is 14.8 Å². The highest BCUT2D eigenvalue weighted by Gasteiger charge is 2.27. The lowest BCUT2D eigenvalue weighted by atomic mass is 10.0. The minimum absolute atomic E-state index is 0.0528. The van der Waals surface area contributed by atoms with Crippen molar-refractivity contribution >= 4 is 17.4 Å². The molecule has 3 aromatic carbocycles. The van der Waals surface area contributed by atoms with E-state index in [2.05, 4.69) is 5.32 Å². The third-order valence-electron chi connectivity index (χ3n) is 4.71. The van der Waals surface area contributed by atoms with Gasteiger partial charge < -0.3 is 14.8 Å². The van der Waals surface area contributed by atoms with Crippen molar-refractivity contribution in [1.29, 1.82) is 0 Å². The Kier molecular flexibility index (Phi) is 4.57. The summed E-state index contributed by atoms with van der Waals surface area (Å²) in [4.78, 5) is 25.4. The molecule has 5 nitrogen and oxygen atoms in total. The van der Waals surface area contributed by atoms with Gasteiger partial charge in [0.15, 0.2) is 17.3 Å². The lowest BCUT2D eigenvalue weighted by Gasteiger charge is -2.12. The monoisotopic (exact) mass is 373 g/mol. The first-order chi connectivity index (χ1) is 13.6. The number of carbonyl (C=O) groups excluding carboxylic acids is 2. The lowest BCUT2D eigenvalue weighted by molar-refractivity contribution is 0.102. The van der Waals surface area contributed by atoms with E-state index in [-0.39, 0.29) is 11.7 Å². The van der Waals surface area contributed by atoms with Crippen LogP contribution in [0.1, 0.15) is 33.2 Å². The van der Waals surface area contributed by atoms with Crippen molar-refractivity contribution in [2.45, 2.75) is 6.92 Å². The number of ketones is 1. The fourth-order valence-electron chi connectivity index (χ4n) is 3.39. The number of fused-ring (bicyclic) bond motifs is 3. The van der Waals surface area contributed by atoms with Crippen LogP contribution >= 0.6 is 0 Å². The number of ether oxygens (including phenoxy) is 2. The summed E-state index contributed by atoms with van der Waals surface area (Å²) in [7, 11) is 1.55. The first-order valence-electron chi connectivity index (χ1n) is 9.02. The first kappa shape index (κ1) is 17.8. The van der Waals surface area contributed by atoms with Gasteiger partial charge in [-0.15, -0.1) is 0 Å². The summed E-state index contributed by atoms with van der Waals surface area (Å²) in [6.07, 6.45) is 0. The van der Waals surface area contributed by atoms with Gasteiger partial charge in [0.05, 0.1) is 13.7 Å². The molecule has 0 atom stereocenters. The van der Waals surface area contributed by atoms with Crippen molar-refractivity contribution in [3.8, 4) is 22.6 Å². The molecule has 1 aliphatic carbocycles. The third kappa shape index (κ3) is 3.01. The Morgan fingerprint density at radius 2 is 1.64 bits per heavy atom. The molecule has 0 heterocycles. The van der Waals surface area contributed by atoms with Crippen molar-refractivity contribution in [3.05, 3.63) is 77.4 Å². The Hall–Kier alpha value is -3.60. The molecule has 4 rings (SSSR count). The first-order valence-corrected chi connectivity index (χ1v) is 9.02. The maximum absolute atomic E-state index is 12.7. The van der Waals surface area contributed by atoms with Crippen LogP contribution in [0.15, 0.2) is 60.7 Å². The van der Waals surface area contributed by atoms with Crippen LogP contribution in [0.25, 0.3) is 11.1 Å². The van der Waals surface area contributed by atoms with E-state index >= 15 is 0 Å². The van der Waals surface area contributed by atoms with E-state index in [4.69, 9.17) is 9.47 Å². The Labute approximate surface area is 162 Å². The van der Waals surface area contributed by atoms with Crippen LogP contribution in [-0.4, -0.2) is 25.4 Å². The summed E-state index contributed by atoms with van der Waals surface area (Å²) < 4.78 is 10.8. The second kappa shape index (κ2) is 7.19. The van der Waals surface area contributed by atoms with Crippen molar-refractivity contribution < 1.29 is 19.1 Å². The van der Waals surface area contributed by atoms with Crippen LogP contribution in [0.4, 0.5) is 5.69 Å². The van der Waals surface area contributed by atoms with Gasteiger partial charge >= 0.3 is 0 Å². The molecule has 0 fully saturated rings. The second-order valence-electron chi connectivity index (χ2n) is 6.39. The topological polar surface area (TPSA) is 64.6 Å². The molecule has 5 heteroatoms. The average Bonchev–Trinajstić information content (AvgIpc) is 3.01. The highest BCUT2D eigenvalue weighted by atomic mass is 16.5. The average molecular weight is 373 g/mol. The molecule has 28 heavy (non-hydrogen) atoms. The smallest absolute Gasteiger partial charge is 0.255 e. The highest BCUT2D eigenvalue weighted by Crippen LogP contribution is 2.37. The Balaban J connectivity index is 1.60. The number of benzene rings is 3. The van der Waals surface area contributed by atoms with E-state index in [9.17, 15) is 9.59 Å². The van der Waals surface area contributed by atoms with Crippen LogP contribution in [0.5, 0.6) is 11.5 Å². The van der Waals surface area contributed by atoms with Gasteiger partial charge in [-0.3, -0.25) is 9.59 Å². The van der Waals surface area contributed by atoms with Crippen LogP contribution in [0.3, 0.4) is 0 Å². The fraction of sp³-hybridized carbons (Fsp3) is 0.130. The number of nitrogens with one attached hydrogen (secondary N) is 1. The normalized spacial score (nSPS) is 11.6. The summed E-state index contributed by atoms with van der Waals surface area (Å²) in [5, 5.41) is 2.84. The molecule has 1 aliphatic rings. The van der Waals surface area contributed by atoms with Gasteiger partial charge in [-0.25, -0.2) is 0 Å². The minimum atomic E-state index is -0.294. The van der Waals surface area contributed by atoms with Crippen LogP contribution in [0.2, 0.25) is 0 Å². The maximum atomic E-state index is 12.7.